The van der Waals surface area contributed by atoms with Gasteiger partial charge in [0.05, 0.1) is 16.9 Å². The maximum Gasteiger partial charge on any atom is 0.270 e. The van der Waals surface area contributed by atoms with Crippen LogP contribution in [0.25, 0.3) is 0 Å². The molecule has 2 aromatic heterocycles. The van der Waals surface area contributed by atoms with Crippen LogP contribution in [0.3, 0.4) is 0 Å². The zero-order valence-corrected chi connectivity index (χ0v) is 19.4. The first kappa shape index (κ1) is 21.5. The highest BCUT2D eigenvalue weighted by atomic mass is 16.3. The summed E-state index contributed by atoms with van der Waals surface area (Å²) in [5.74, 6) is 2.38. The van der Waals surface area contributed by atoms with E-state index < -0.39 is 5.60 Å². The molecule has 1 amide bonds. The zero-order valence-electron chi connectivity index (χ0n) is 19.4. The molecule has 4 bridgehead atoms. The van der Waals surface area contributed by atoms with Crippen molar-refractivity contribution in [3.8, 4) is 6.07 Å². The van der Waals surface area contributed by atoms with Crippen molar-refractivity contribution in [2.45, 2.75) is 62.5 Å². The number of amides is 1. The highest BCUT2D eigenvalue weighted by Gasteiger charge is 2.55. The Bertz CT molecular complexity index is 1120. The van der Waals surface area contributed by atoms with Gasteiger partial charge < -0.3 is 15.3 Å². The molecule has 4 saturated carbocycles. The lowest BCUT2D eigenvalue weighted by atomic mass is 9.52. The molecule has 2 N–H and O–H groups in total. The number of nitrogens with zero attached hydrogens (tertiary/aromatic N) is 4. The van der Waals surface area contributed by atoms with E-state index in [2.05, 4.69) is 21.3 Å². The van der Waals surface area contributed by atoms with Crippen molar-refractivity contribution in [3.63, 3.8) is 0 Å². The van der Waals surface area contributed by atoms with Crippen LogP contribution in [0, 0.1) is 29.1 Å². The quantitative estimate of drug-likeness (QED) is 0.730. The lowest BCUT2D eigenvalue weighted by Gasteiger charge is -2.58. The molecule has 7 rings (SSSR count). The molecule has 2 unspecified atom stereocenters. The van der Waals surface area contributed by atoms with Gasteiger partial charge in [0.2, 0.25) is 0 Å². The second-order valence-corrected chi connectivity index (χ2v) is 10.9. The molecule has 176 valence electrons. The van der Waals surface area contributed by atoms with Crippen LogP contribution in [0.1, 0.15) is 72.6 Å². The fraction of sp³-hybridized carbons (Fsp3) is 0.556. The molecular weight excluding hydrogens is 426 g/mol. The van der Waals surface area contributed by atoms with Crippen molar-refractivity contribution < 1.29 is 9.90 Å². The SMILES string of the molecule is N#Cc1cccnc1C1CCN(c2cccc(C(=O)NC3C4CC5CC3CC(O)(C5)C4)n2)CC1. The molecule has 0 aromatic carbocycles. The van der Waals surface area contributed by atoms with Crippen LogP contribution in [-0.2, 0) is 0 Å². The zero-order chi connectivity index (χ0) is 23.3. The Morgan fingerprint density at radius 2 is 1.88 bits per heavy atom. The summed E-state index contributed by atoms with van der Waals surface area (Å²) in [6, 6.07) is 11.7. The number of hydrogen-bond donors (Lipinski definition) is 2. The summed E-state index contributed by atoms with van der Waals surface area (Å²) in [5, 5.41) is 23.5. The molecule has 4 aliphatic carbocycles. The Balaban J connectivity index is 1.11. The third-order valence-corrected chi connectivity index (χ3v) is 8.67. The average Bonchev–Trinajstić information content (AvgIpc) is 2.85. The molecule has 5 aliphatic rings. The van der Waals surface area contributed by atoms with Crippen molar-refractivity contribution in [2.24, 2.45) is 17.8 Å². The van der Waals surface area contributed by atoms with Crippen molar-refractivity contribution in [1.82, 2.24) is 15.3 Å². The molecule has 7 heteroatoms. The minimum atomic E-state index is -0.495. The largest absolute Gasteiger partial charge is 0.390 e. The van der Waals surface area contributed by atoms with Gasteiger partial charge in [-0.15, -0.1) is 0 Å². The second kappa shape index (κ2) is 8.35. The molecule has 5 fully saturated rings. The first-order chi connectivity index (χ1) is 16.5. The van der Waals surface area contributed by atoms with E-state index in [1.54, 1.807) is 12.3 Å². The molecule has 2 atom stereocenters. The summed E-state index contributed by atoms with van der Waals surface area (Å²) >= 11 is 0. The first-order valence-corrected chi connectivity index (χ1v) is 12.6. The van der Waals surface area contributed by atoms with Gasteiger partial charge in [-0.05, 0) is 87.0 Å². The number of nitriles is 1. The van der Waals surface area contributed by atoms with Crippen LogP contribution in [0.5, 0.6) is 0 Å². The summed E-state index contributed by atoms with van der Waals surface area (Å²) in [6.07, 6.45) is 8.38. The van der Waals surface area contributed by atoms with E-state index in [0.717, 1.165) is 69.5 Å². The number of aliphatic hydroxyl groups is 1. The number of rotatable bonds is 4. The van der Waals surface area contributed by atoms with Crippen molar-refractivity contribution in [2.75, 3.05) is 18.0 Å². The highest BCUT2D eigenvalue weighted by molar-refractivity contribution is 5.93. The van der Waals surface area contributed by atoms with Crippen LogP contribution < -0.4 is 10.2 Å². The van der Waals surface area contributed by atoms with Gasteiger partial charge in [-0.2, -0.15) is 5.26 Å². The summed E-state index contributed by atoms with van der Waals surface area (Å²) in [6.45, 7) is 1.63. The molecule has 1 aliphatic heterocycles. The molecule has 34 heavy (non-hydrogen) atoms. The number of carbonyl (C=O) groups excluding carboxylic acids is 1. The number of pyridine rings is 2. The minimum Gasteiger partial charge on any atom is -0.390 e. The van der Waals surface area contributed by atoms with Crippen LogP contribution >= 0.6 is 0 Å². The lowest BCUT2D eigenvalue weighted by molar-refractivity contribution is -0.136. The minimum absolute atomic E-state index is 0.103. The highest BCUT2D eigenvalue weighted by Crippen LogP contribution is 2.55. The second-order valence-electron chi connectivity index (χ2n) is 10.9. The van der Waals surface area contributed by atoms with Gasteiger partial charge in [-0.25, -0.2) is 4.98 Å². The van der Waals surface area contributed by atoms with Gasteiger partial charge in [0, 0.05) is 31.2 Å². The number of piperidine rings is 1. The lowest BCUT2D eigenvalue weighted by Crippen LogP contribution is -2.61. The van der Waals surface area contributed by atoms with E-state index in [-0.39, 0.29) is 17.9 Å². The standard InChI is InChI=1S/C27H31N5O2/c28-16-19-3-2-8-29-24(19)18-6-9-32(10-7-18)23-5-1-4-22(30-23)26(33)31-25-20-11-17-12-21(25)15-27(34,13-17)14-20/h1-5,8,17-18,20-21,25,34H,6-7,9-15H2,(H,31,33). The average molecular weight is 458 g/mol. The predicted molar refractivity (Wildman–Crippen MR) is 127 cm³/mol. The van der Waals surface area contributed by atoms with Gasteiger partial charge in [0.15, 0.2) is 0 Å². The Morgan fingerprint density at radius 3 is 2.59 bits per heavy atom. The van der Waals surface area contributed by atoms with E-state index in [9.17, 15) is 15.2 Å². The monoisotopic (exact) mass is 457 g/mol. The van der Waals surface area contributed by atoms with Crippen molar-refractivity contribution in [3.05, 3.63) is 53.5 Å². The number of carbonyl (C=O) groups is 1. The smallest absolute Gasteiger partial charge is 0.270 e. The summed E-state index contributed by atoms with van der Waals surface area (Å²) in [7, 11) is 0. The van der Waals surface area contributed by atoms with Crippen molar-refractivity contribution in [1.29, 1.82) is 5.26 Å². The summed E-state index contributed by atoms with van der Waals surface area (Å²) in [4.78, 5) is 24.6. The molecule has 7 nitrogen and oxygen atoms in total. The molecule has 1 saturated heterocycles. The van der Waals surface area contributed by atoms with E-state index in [0.29, 0.717) is 29.0 Å². The Morgan fingerprint density at radius 1 is 1.12 bits per heavy atom. The molecule has 0 spiro atoms. The van der Waals surface area contributed by atoms with Gasteiger partial charge in [0.1, 0.15) is 17.6 Å². The van der Waals surface area contributed by atoms with E-state index in [1.807, 2.05) is 24.3 Å². The fourth-order valence-corrected chi connectivity index (χ4v) is 7.39. The van der Waals surface area contributed by atoms with E-state index >= 15 is 0 Å². The molecule has 0 radical (unpaired) electrons. The number of anilines is 1. The normalized spacial score (nSPS) is 32.4. The number of nitrogens with one attached hydrogen (secondary N) is 1. The summed E-state index contributed by atoms with van der Waals surface area (Å²) < 4.78 is 0. The Hall–Kier alpha value is -2.98. The first-order valence-electron chi connectivity index (χ1n) is 12.6. The van der Waals surface area contributed by atoms with Crippen LogP contribution in [0.4, 0.5) is 5.82 Å². The van der Waals surface area contributed by atoms with Crippen LogP contribution in [0.15, 0.2) is 36.5 Å². The maximum atomic E-state index is 13.2. The number of aromatic nitrogens is 2. The van der Waals surface area contributed by atoms with Crippen LogP contribution in [-0.4, -0.2) is 45.7 Å². The third-order valence-electron chi connectivity index (χ3n) is 8.67. The maximum absolute atomic E-state index is 13.2. The fourth-order valence-electron chi connectivity index (χ4n) is 7.39. The van der Waals surface area contributed by atoms with Crippen molar-refractivity contribution >= 4 is 11.7 Å². The molecule has 3 heterocycles. The Labute approximate surface area is 200 Å². The third kappa shape index (κ3) is 3.84. The number of hydrogen-bond acceptors (Lipinski definition) is 6. The van der Waals surface area contributed by atoms with E-state index in [4.69, 9.17) is 4.98 Å². The topological polar surface area (TPSA) is 102 Å². The molecular formula is C27H31N5O2. The van der Waals surface area contributed by atoms with Gasteiger partial charge in [0.25, 0.3) is 5.91 Å². The van der Waals surface area contributed by atoms with Gasteiger partial charge in [-0.3, -0.25) is 9.78 Å². The van der Waals surface area contributed by atoms with Gasteiger partial charge >= 0.3 is 0 Å². The predicted octanol–water partition coefficient (Wildman–Crippen LogP) is 3.40. The summed E-state index contributed by atoms with van der Waals surface area (Å²) in [5.41, 5.74) is 1.52. The Kier molecular flexibility index (Phi) is 5.29. The van der Waals surface area contributed by atoms with E-state index in [1.165, 1.54) is 0 Å². The molecule has 2 aromatic rings. The van der Waals surface area contributed by atoms with Gasteiger partial charge in [-0.1, -0.05) is 6.07 Å². The van der Waals surface area contributed by atoms with Crippen LogP contribution in [0.2, 0.25) is 0 Å².